The van der Waals surface area contributed by atoms with Crippen molar-refractivity contribution < 1.29 is 14.3 Å². The second-order valence-corrected chi connectivity index (χ2v) is 7.40. The molecule has 0 aliphatic carbocycles. The van der Waals surface area contributed by atoms with Gasteiger partial charge in [-0.2, -0.15) is 10.2 Å². The SMILES string of the molecule is COc1ccc(NC(=O)Cn2nc(C)c3cnn(-c4cccc(Cl)c4)c3c2=O)cc1OC. The smallest absolute Gasteiger partial charge is 0.293 e. The fraction of sp³-hybridized carbons (Fsp3) is 0.182. The largest absolute Gasteiger partial charge is 0.493 e. The van der Waals surface area contributed by atoms with E-state index >= 15 is 0 Å². The van der Waals surface area contributed by atoms with Crippen molar-refractivity contribution in [2.24, 2.45) is 0 Å². The van der Waals surface area contributed by atoms with Crippen molar-refractivity contribution in [1.82, 2.24) is 19.6 Å². The summed E-state index contributed by atoms with van der Waals surface area (Å²) in [5, 5.41) is 12.5. The van der Waals surface area contributed by atoms with Crippen molar-refractivity contribution in [2.75, 3.05) is 19.5 Å². The Morgan fingerprint density at radius 3 is 2.62 bits per heavy atom. The molecule has 10 heteroatoms. The lowest BCUT2D eigenvalue weighted by atomic mass is 10.2. The topological polar surface area (TPSA) is 100 Å². The van der Waals surface area contributed by atoms with E-state index in [-0.39, 0.29) is 6.54 Å². The molecule has 0 bridgehead atoms. The molecule has 2 aromatic heterocycles. The first-order valence-corrected chi connectivity index (χ1v) is 10.0. The molecule has 0 saturated carbocycles. The van der Waals surface area contributed by atoms with Gasteiger partial charge in [0.25, 0.3) is 5.56 Å². The van der Waals surface area contributed by atoms with E-state index < -0.39 is 11.5 Å². The van der Waals surface area contributed by atoms with Crippen LogP contribution in [-0.2, 0) is 11.3 Å². The molecule has 0 atom stereocenters. The minimum atomic E-state index is -0.439. The number of halogens is 1. The zero-order valence-electron chi connectivity index (χ0n) is 17.6. The molecule has 2 aromatic carbocycles. The summed E-state index contributed by atoms with van der Waals surface area (Å²) in [5.41, 5.74) is 1.59. The highest BCUT2D eigenvalue weighted by Crippen LogP contribution is 2.29. The number of hydrogen-bond donors (Lipinski definition) is 1. The number of aromatic nitrogens is 4. The maximum absolute atomic E-state index is 13.2. The highest BCUT2D eigenvalue weighted by Gasteiger charge is 2.17. The zero-order valence-corrected chi connectivity index (χ0v) is 18.4. The Labute approximate surface area is 188 Å². The quantitative estimate of drug-likeness (QED) is 0.481. The van der Waals surface area contributed by atoms with Gasteiger partial charge in [0.1, 0.15) is 12.1 Å². The van der Waals surface area contributed by atoms with Crippen LogP contribution in [0.15, 0.2) is 53.5 Å². The third-order valence-corrected chi connectivity index (χ3v) is 5.12. The molecule has 32 heavy (non-hydrogen) atoms. The van der Waals surface area contributed by atoms with E-state index in [0.717, 1.165) is 4.68 Å². The van der Waals surface area contributed by atoms with Crippen molar-refractivity contribution in [3.05, 3.63) is 69.7 Å². The van der Waals surface area contributed by atoms with Crippen LogP contribution in [0.5, 0.6) is 11.5 Å². The number of anilines is 1. The van der Waals surface area contributed by atoms with E-state index in [1.54, 1.807) is 55.6 Å². The van der Waals surface area contributed by atoms with E-state index in [0.29, 0.717) is 44.5 Å². The molecule has 0 radical (unpaired) electrons. The monoisotopic (exact) mass is 453 g/mol. The lowest BCUT2D eigenvalue weighted by Crippen LogP contribution is -2.31. The van der Waals surface area contributed by atoms with Gasteiger partial charge in [0, 0.05) is 22.2 Å². The van der Waals surface area contributed by atoms with Crippen LogP contribution in [0.3, 0.4) is 0 Å². The lowest BCUT2D eigenvalue weighted by molar-refractivity contribution is -0.117. The van der Waals surface area contributed by atoms with E-state index in [9.17, 15) is 9.59 Å². The van der Waals surface area contributed by atoms with Gasteiger partial charge in [-0.3, -0.25) is 9.59 Å². The summed E-state index contributed by atoms with van der Waals surface area (Å²) in [4.78, 5) is 25.8. The Hall–Kier alpha value is -3.85. The third kappa shape index (κ3) is 4.02. The van der Waals surface area contributed by atoms with Gasteiger partial charge in [0.15, 0.2) is 11.5 Å². The summed E-state index contributed by atoms with van der Waals surface area (Å²) in [5.74, 6) is 0.599. The molecule has 1 N–H and O–H groups in total. The van der Waals surface area contributed by atoms with E-state index in [2.05, 4.69) is 15.5 Å². The molecular weight excluding hydrogens is 434 g/mol. The molecule has 4 aromatic rings. The Morgan fingerprint density at radius 2 is 1.91 bits per heavy atom. The summed E-state index contributed by atoms with van der Waals surface area (Å²) in [6.07, 6.45) is 1.58. The Morgan fingerprint density at radius 1 is 1.12 bits per heavy atom. The van der Waals surface area contributed by atoms with Crippen LogP contribution in [0.25, 0.3) is 16.6 Å². The van der Waals surface area contributed by atoms with Gasteiger partial charge in [-0.25, -0.2) is 9.36 Å². The van der Waals surface area contributed by atoms with Gasteiger partial charge in [-0.15, -0.1) is 0 Å². The number of carbonyl (C=O) groups excluding carboxylic acids is 1. The average molecular weight is 454 g/mol. The summed E-state index contributed by atoms with van der Waals surface area (Å²) in [6, 6.07) is 12.0. The van der Waals surface area contributed by atoms with Gasteiger partial charge in [-0.1, -0.05) is 17.7 Å². The van der Waals surface area contributed by atoms with Gasteiger partial charge < -0.3 is 14.8 Å². The van der Waals surface area contributed by atoms with Gasteiger partial charge >= 0.3 is 0 Å². The fourth-order valence-electron chi connectivity index (χ4n) is 3.38. The van der Waals surface area contributed by atoms with Crippen molar-refractivity contribution >= 4 is 34.1 Å². The Kier molecular flexibility index (Phi) is 5.83. The van der Waals surface area contributed by atoms with E-state index in [4.69, 9.17) is 21.1 Å². The summed E-state index contributed by atoms with van der Waals surface area (Å²) in [7, 11) is 3.04. The number of hydrogen-bond acceptors (Lipinski definition) is 6. The molecule has 0 spiro atoms. The van der Waals surface area contributed by atoms with Gasteiger partial charge in [0.2, 0.25) is 5.91 Å². The molecule has 0 fully saturated rings. The lowest BCUT2D eigenvalue weighted by Gasteiger charge is -2.11. The number of methoxy groups -OCH3 is 2. The molecule has 0 unspecified atom stereocenters. The number of aryl methyl sites for hydroxylation is 1. The number of amides is 1. The van der Waals surface area contributed by atoms with Crippen molar-refractivity contribution in [2.45, 2.75) is 13.5 Å². The second-order valence-electron chi connectivity index (χ2n) is 6.96. The predicted molar refractivity (Wildman–Crippen MR) is 121 cm³/mol. The maximum Gasteiger partial charge on any atom is 0.293 e. The Balaban J connectivity index is 1.66. The fourth-order valence-corrected chi connectivity index (χ4v) is 3.57. The van der Waals surface area contributed by atoms with Crippen LogP contribution < -0.4 is 20.3 Å². The number of nitrogens with zero attached hydrogens (tertiary/aromatic N) is 4. The summed E-state index contributed by atoms with van der Waals surface area (Å²) in [6.45, 7) is 1.49. The number of carbonyl (C=O) groups is 1. The summed E-state index contributed by atoms with van der Waals surface area (Å²) >= 11 is 6.10. The van der Waals surface area contributed by atoms with Crippen molar-refractivity contribution in [3.8, 4) is 17.2 Å². The third-order valence-electron chi connectivity index (χ3n) is 4.88. The molecular formula is C22H20ClN5O4. The number of nitrogens with one attached hydrogen (secondary N) is 1. The standard InChI is InChI=1S/C22H20ClN5O4/c1-13-17-11-24-28(16-6-4-5-14(23)9-16)21(17)22(30)27(26-13)12-20(29)25-15-7-8-18(31-2)19(10-15)32-3/h4-11H,12H2,1-3H3,(H,25,29). The molecule has 1 amide bonds. The molecule has 0 aliphatic rings. The van der Waals surface area contributed by atoms with Crippen LogP contribution in [0.4, 0.5) is 5.69 Å². The van der Waals surface area contributed by atoms with Crippen LogP contribution in [0, 0.1) is 6.92 Å². The van der Waals surface area contributed by atoms with Crippen molar-refractivity contribution in [1.29, 1.82) is 0 Å². The van der Waals surface area contributed by atoms with Crippen LogP contribution >= 0.6 is 11.6 Å². The number of benzene rings is 2. The molecule has 4 rings (SSSR count). The number of rotatable bonds is 6. The molecule has 9 nitrogen and oxygen atoms in total. The predicted octanol–water partition coefficient (Wildman–Crippen LogP) is 3.20. The first-order valence-electron chi connectivity index (χ1n) is 9.64. The summed E-state index contributed by atoms with van der Waals surface area (Å²) < 4.78 is 13.1. The highest BCUT2D eigenvalue weighted by molar-refractivity contribution is 6.30. The first-order chi connectivity index (χ1) is 15.4. The maximum atomic E-state index is 13.2. The first kappa shape index (κ1) is 21.4. The minimum Gasteiger partial charge on any atom is -0.493 e. The van der Waals surface area contributed by atoms with Crippen LogP contribution in [0.1, 0.15) is 5.69 Å². The Bertz CT molecular complexity index is 1380. The zero-order chi connectivity index (χ0) is 22.8. The highest BCUT2D eigenvalue weighted by atomic mass is 35.5. The molecule has 2 heterocycles. The van der Waals surface area contributed by atoms with Gasteiger partial charge in [-0.05, 0) is 37.3 Å². The van der Waals surface area contributed by atoms with Crippen molar-refractivity contribution in [3.63, 3.8) is 0 Å². The number of ether oxygens (including phenoxy) is 2. The average Bonchev–Trinajstić information content (AvgIpc) is 3.23. The van der Waals surface area contributed by atoms with Gasteiger partial charge in [0.05, 0.1) is 31.8 Å². The molecule has 164 valence electrons. The van der Waals surface area contributed by atoms with E-state index in [1.165, 1.54) is 18.9 Å². The molecule has 0 aliphatic heterocycles. The molecule has 0 saturated heterocycles. The normalized spacial score (nSPS) is 10.9. The minimum absolute atomic E-state index is 0.273. The van der Waals surface area contributed by atoms with E-state index in [1.807, 2.05) is 0 Å². The van der Waals surface area contributed by atoms with Crippen LogP contribution in [0.2, 0.25) is 5.02 Å². The second kappa shape index (κ2) is 8.72. The number of fused-ring (bicyclic) bond motifs is 1. The van der Waals surface area contributed by atoms with Crippen LogP contribution in [-0.4, -0.2) is 39.7 Å².